The van der Waals surface area contributed by atoms with Gasteiger partial charge in [0.1, 0.15) is 38.8 Å². The second kappa shape index (κ2) is 1.99. The molecule has 64 valence electrons. The molecule has 3 heterocycles. The van der Waals surface area contributed by atoms with Gasteiger partial charge < -0.3 is 8.97 Å². The molecule has 0 N–H and O–H groups in total. The summed E-state index contributed by atoms with van der Waals surface area (Å²) >= 11 is 0. The van der Waals surface area contributed by atoms with E-state index >= 15 is 0 Å². The average molecular weight is 156 g/mol. The zero-order valence-electron chi connectivity index (χ0n) is 8.01. The van der Waals surface area contributed by atoms with Gasteiger partial charge in [-0.15, -0.1) is 0 Å². The third kappa shape index (κ3) is 1.00. The lowest BCUT2D eigenvalue weighted by Crippen LogP contribution is -2.75. The van der Waals surface area contributed by atoms with E-state index in [4.69, 9.17) is 0 Å². The first-order valence-corrected chi connectivity index (χ1v) is 4.72. The first-order valence-electron chi connectivity index (χ1n) is 4.72. The van der Waals surface area contributed by atoms with Crippen molar-refractivity contribution >= 4 is 0 Å². The first kappa shape index (κ1) is 7.56. The van der Waals surface area contributed by atoms with E-state index in [1.165, 1.54) is 41.7 Å². The van der Waals surface area contributed by atoms with E-state index in [2.05, 4.69) is 21.0 Å². The van der Waals surface area contributed by atoms with Gasteiger partial charge >= 0.3 is 0 Å². The lowest BCUT2D eigenvalue weighted by molar-refractivity contribution is -1.08. The minimum Gasteiger partial charge on any atom is -0.312 e. The molecule has 0 spiro atoms. The summed E-state index contributed by atoms with van der Waals surface area (Å²) < 4.78 is 2.68. The van der Waals surface area contributed by atoms with E-state index in [1.54, 1.807) is 0 Å². The highest BCUT2D eigenvalue weighted by Gasteiger charge is 2.48. The van der Waals surface area contributed by atoms with Crippen LogP contribution in [0.1, 0.15) is 6.92 Å². The quantitative estimate of drug-likeness (QED) is 0.442. The molecule has 0 aromatic rings. The maximum Gasteiger partial charge on any atom is 0.136 e. The maximum atomic E-state index is 2.42. The van der Waals surface area contributed by atoms with E-state index in [0.717, 1.165) is 6.04 Å². The SMILES string of the molecule is CC1C[N+]2(C)CC[N+]1(C)CC2. The number of fused-ring (bicyclic) bond motifs is 3. The molecule has 0 radical (unpaired) electrons. The van der Waals surface area contributed by atoms with Gasteiger partial charge in [0.05, 0.1) is 14.1 Å². The molecule has 0 saturated carbocycles. The zero-order valence-corrected chi connectivity index (χ0v) is 8.01. The topological polar surface area (TPSA) is 0 Å². The fraction of sp³-hybridized carbons (Fsp3) is 1.00. The summed E-state index contributed by atoms with van der Waals surface area (Å²) in [5, 5.41) is 0. The number of likely N-dealkylation sites (N-methyl/N-ethyl adjacent to an activating group) is 2. The second-order valence-electron chi connectivity index (χ2n) is 5.02. The van der Waals surface area contributed by atoms with E-state index in [0.29, 0.717) is 0 Å². The number of nitrogens with zero attached hydrogens (tertiary/aromatic N) is 2. The molecule has 2 bridgehead atoms. The van der Waals surface area contributed by atoms with Crippen LogP contribution in [0.2, 0.25) is 0 Å². The van der Waals surface area contributed by atoms with Crippen LogP contribution < -0.4 is 0 Å². The van der Waals surface area contributed by atoms with Gasteiger partial charge in [0.2, 0.25) is 0 Å². The fourth-order valence-corrected chi connectivity index (χ4v) is 2.62. The molecule has 3 aliphatic heterocycles. The van der Waals surface area contributed by atoms with Crippen molar-refractivity contribution in [3.05, 3.63) is 0 Å². The Hall–Kier alpha value is -0.0800. The van der Waals surface area contributed by atoms with Crippen molar-refractivity contribution in [1.82, 2.24) is 0 Å². The van der Waals surface area contributed by atoms with Gasteiger partial charge in [-0.1, -0.05) is 0 Å². The summed E-state index contributed by atoms with van der Waals surface area (Å²) in [5.41, 5.74) is 0. The Morgan fingerprint density at radius 2 is 1.55 bits per heavy atom. The highest BCUT2D eigenvalue weighted by atomic mass is 15.5. The predicted octanol–water partition coefficient (Wildman–Crippen LogP) is 0.295. The molecule has 3 rings (SSSR count). The van der Waals surface area contributed by atoms with Gasteiger partial charge in [0, 0.05) is 0 Å². The molecule has 11 heavy (non-hydrogen) atoms. The molecule has 1 atom stereocenters. The number of hydrogen-bond acceptors (Lipinski definition) is 0. The van der Waals surface area contributed by atoms with Crippen LogP contribution >= 0.6 is 0 Å². The Bertz CT molecular complexity index is 168. The van der Waals surface area contributed by atoms with Gasteiger partial charge in [0.25, 0.3) is 0 Å². The van der Waals surface area contributed by atoms with E-state index in [9.17, 15) is 0 Å². The molecule has 1 unspecified atom stereocenters. The molecule has 3 saturated heterocycles. The molecule has 0 aliphatic carbocycles. The molecular formula is C9H20N2+2. The van der Waals surface area contributed by atoms with E-state index < -0.39 is 0 Å². The van der Waals surface area contributed by atoms with Crippen molar-refractivity contribution in [3.8, 4) is 0 Å². The standard InChI is InChI=1S/C9H20N2/c1-9-8-10(2)4-6-11(9,3)7-5-10/h9H,4-8H2,1-3H3/q+2. The lowest BCUT2D eigenvalue weighted by Gasteiger charge is -2.55. The number of rotatable bonds is 0. The minimum absolute atomic E-state index is 0.891. The Morgan fingerprint density at radius 3 is 1.91 bits per heavy atom. The van der Waals surface area contributed by atoms with Crippen molar-refractivity contribution < 1.29 is 8.97 Å². The minimum atomic E-state index is 0.891. The van der Waals surface area contributed by atoms with E-state index in [-0.39, 0.29) is 0 Å². The van der Waals surface area contributed by atoms with Crippen LogP contribution in [0, 0.1) is 0 Å². The van der Waals surface area contributed by atoms with Gasteiger partial charge in [-0.3, -0.25) is 0 Å². The summed E-state index contributed by atoms with van der Waals surface area (Å²) in [7, 11) is 4.84. The third-order valence-corrected chi connectivity index (χ3v) is 4.07. The molecule has 0 aromatic heterocycles. The molecule has 3 fully saturated rings. The Morgan fingerprint density at radius 1 is 1.00 bits per heavy atom. The molecule has 3 aliphatic rings. The monoisotopic (exact) mass is 156 g/mol. The summed E-state index contributed by atoms with van der Waals surface area (Å²) in [5.74, 6) is 0. The van der Waals surface area contributed by atoms with Crippen LogP contribution in [0.3, 0.4) is 0 Å². The summed E-state index contributed by atoms with van der Waals surface area (Å²) in [6, 6.07) is 0.891. The van der Waals surface area contributed by atoms with E-state index in [1.807, 2.05) is 0 Å². The summed E-state index contributed by atoms with van der Waals surface area (Å²) in [4.78, 5) is 0. The summed E-state index contributed by atoms with van der Waals surface area (Å²) in [6.07, 6.45) is 0. The normalized spacial score (nSPS) is 56.5. The number of piperazine rings is 3. The second-order valence-corrected chi connectivity index (χ2v) is 5.02. The van der Waals surface area contributed by atoms with Gasteiger partial charge in [-0.05, 0) is 6.92 Å². The van der Waals surface area contributed by atoms with Crippen LogP contribution in [-0.4, -0.2) is 61.8 Å². The van der Waals surface area contributed by atoms with Crippen molar-refractivity contribution in [2.45, 2.75) is 13.0 Å². The number of hydrogen-bond donors (Lipinski definition) is 0. The lowest BCUT2D eigenvalue weighted by atomic mass is 10.0. The highest BCUT2D eigenvalue weighted by Crippen LogP contribution is 2.27. The Balaban J connectivity index is 2.22. The van der Waals surface area contributed by atoms with Crippen LogP contribution in [0.4, 0.5) is 0 Å². The van der Waals surface area contributed by atoms with Crippen LogP contribution in [0.15, 0.2) is 0 Å². The predicted molar refractivity (Wildman–Crippen MR) is 46.2 cm³/mol. The molecule has 2 heteroatoms. The maximum absolute atomic E-state index is 2.42. The Labute approximate surface area is 69.6 Å². The largest absolute Gasteiger partial charge is 0.312 e. The smallest absolute Gasteiger partial charge is 0.136 e. The van der Waals surface area contributed by atoms with Crippen molar-refractivity contribution in [3.63, 3.8) is 0 Å². The molecule has 0 amide bonds. The average Bonchev–Trinajstić information content (AvgIpc) is 1.94. The zero-order chi connectivity index (χ0) is 8.11. The Kier molecular flexibility index (Phi) is 1.37. The van der Waals surface area contributed by atoms with Crippen molar-refractivity contribution in [2.75, 3.05) is 46.8 Å². The van der Waals surface area contributed by atoms with Gasteiger partial charge in [-0.25, -0.2) is 0 Å². The van der Waals surface area contributed by atoms with Crippen LogP contribution in [0.5, 0.6) is 0 Å². The summed E-state index contributed by atoms with van der Waals surface area (Å²) in [6.45, 7) is 9.42. The van der Waals surface area contributed by atoms with Crippen molar-refractivity contribution in [2.24, 2.45) is 0 Å². The first-order chi connectivity index (χ1) is 5.04. The van der Waals surface area contributed by atoms with Gasteiger partial charge in [0.15, 0.2) is 0 Å². The molecular weight excluding hydrogens is 136 g/mol. The number of quaternary nitrogens is 2. The van der Waals surface area contributed by atoms with Crippen LogP contribution in [0.25, 0.3) is 0 Å². The molecule has 0 aromatic carbocycles. The van der Waals surface area contributed by atoms with Crippen molar-refractivity contribution in [1.29, 1.82) is 0 Å². The van der Waals surface area contributed by atoms with Gasteiger partial charge in [-0.2, -0.15) is 0 Å². The fourth-order valence-electron chi connectivity index (χ4n) is 2.62. The third-order valence-electron chi connectivity index (χ3n) is 4.07. The molecule has 2 nitrogen and oxygen atoms in total. The highest BCUT2D eigenvalue weighted by molar-refractivity contribution is 4.64. The van der Waals surface area contributed by atoms with Crippen LogP contribution in [-0.2, 0) is 0 Å².